The van der Waals surface area contributed by atoms with Crippen LogP contribution in [-0.4, -0.2) is 45.7 Å². The minimum atomic E-state index is -0.491. The quantitative estimate of drug-likeness (QED) is 0.816. The van der Waals surface area contributed by atoms with Gasteiger partial charge in [0.2, 0.25) is 5.91 Å². The number of nitrogens with zero attached hydrogens (tertiary/aromatic N) is 3. The first-order valence-corrected chi connectivity index (χ1v) is 9.46. The molecule has 28 heavy (non-hydrogen) atoms. The summed E-state index contributed by atoms with van der Waals surface area (Å²) in [5, 5.41) is 0. The third kappa shape index (κ3) is 3.74. The Balaban J connectivity index is 1.54. The SMILES string of the molecule is O=C(c1ccc(F)cn1)N1C[C@H]2CCCC(=O)N(Cc3cccc(F)c3)[C@H]2C1. The van der Waals surface area contributed by atoms with Gasteiger partial charge < -0.3 is 9.80 Å². The molecule has 4 rings (SSSR count). The number of fused-ring (bicyclic) bond motifs is 1. The monoisotopic (exact) mass is 385 g/mol. The molecule has 2 atom stereocenters. The molecule has 0 aliphatic carbocycles. The maximum absolute atomic E-state index is 13.6. The summed E-state index contributed by atoms with van der Waals surface area (Å²) < 4.78 is 26.6. The van der Waals surface area contributed by atoms with E-state index in [2.05, 4.69) is 4.98 Å². The maximum atomic E-state index is 13.6. The fourth-order valence-electron chi connectivity index (χ4n) is 4.20. The Kier molecular flexibility index (Phi) is 5.07. The van der Waals surface area contributed by atoms with Crippen molar-refractivity contribution < 1.29 is 18.4 Å². The van der Waals surface area contributed by atoms with Gasteiger partial charge >= 0.3 is 0 Å². The first kappa shape index (κ1) is 18.5. The Labute approximate surface area is 162 Å². The van der Waals surface area contributed by atoms with Crippen LogP contribution >= 0.6 is 0 Å². The van der Waals surface area contributed by atoms with Crippen molar-refractivity contribution in [2.75, 3.05) is 13.1 Å². The van der Waals surface area contributed by atoms with Gasteiger partial charge in [0.05, 0.1) is 12.2 Å². The molecular weight excluding hydrogens is 364 g/mol. The van der Waals surface area contributed by atoms with Crippen LogP contribution in [0.2, 0.25) is 0 Å². The molecule has 0 unspecified atom stereocenters. The lowest BCUT2D eigenvalue weighted by atomic mass is 9.98. The highest BCUT2D eigenvalue weighted by Crippen LogP contribution is 2.32. The van der Waals surface area contributed by atoms with Gasteiger partial charge in [-0.2, -0.15) is 0 Å². The summed E-state index contributed by atoms with van der Waals surface area (Å²) in [6.45, 7) is 1.27. The van der Waals surface area contributed by atoms with E-state index in [0.717, 1.165) is 24.6 Å². The molecule has 0 bridgehead atoms. The van der Waals surface area contributed by atoms with Gasteiger partial charge in [-0.05, 0) is 48.6 Å². The zero-order chi connectivity index (χ0) is 19.7. The van der Waals surface area contributed by atoms with Crippen LogP contribution in [0.25, 0.3) is 0 Å². The molecule has 2 aliphatic rings. The third-order valence-electron chi connectivity index (χ3n) is 5.57. The van der Waals surface area contributed by atoms with Crippen LogP contribution in [0.4, 0.5) is 8.78 Å². The van der Waals surface area contributed by atoms with Crippen molar-refractivity contribution in [3.8, 4) is 0 Å². The number of hydrogen-bond donors (Lipinski definition) is 0. The summed E-state index contributed by atoms with van der Waals surface area (Å²) in [6.07, 6.45) is 3.13. The lowest BCUT2D eigenvalue weighted by Crippen LogP contribution is -2.43. The minimum absolute atomic E-state index is 0.0333. The fourth-order valence-corrected chi connectivity index (χ4v) is 4.20. The van der Waals surface area contributed by atoms with E-state index < -0.39 is 5.82 Å². The number of carbonyl (C=O) groups is 2. The van der Waals surface area contributed by atoms with Gasteiger partial charge in [0.1, 0.15) is 17.3 Å². The van der Waals surface area contributed by atoms with Crippen molar-refractivity contribution in [3.63, 3.8) is 0 Å². The van der Waals surface area contributed by atoms with Crippen molar-refractivity contribution in [2.45, 2.75) is 31.8 Å². The fraction of sp³-hybridized carbons (Fsp3) is 0.381. The molecule has 5 nitrogen and oxygen atoms in total. The number of carbonyl (C=O) groups excluding carboxylic acids is 2. The molecule has 2 fully saturated rings. The number of benzene rings is 1. The molecule has 1 aromatic carbocycles. The van der Waals surface area contributed by atoms with E-state index in [1.165, 1.54) is 24.3 Å². The van der Waals surface area contributed by atoms with E-state index in [1.807, 2.05) is 0 Å². The molecule has 146 valence electrons. The van der Waals surface area contributed by atoms with E-state index in [0.29, 0.717) is 26.1 Å². The van der Waals surface area contributed by atoms with Gasteiger partial charge in [-0.3, -0.25) is 9.59 Å². The zero-order valence-electron chi connectivity index (χ0n) is 15.4. The summed E-state index contributed by atoms with van der Waals surface area (Å²) in [7, 11) is 0. The number of aromatic nitrogens is 1. The highest BCUT2D eigenvalue weighted by atomic mass is 19.1. The van der Waals surface area contributed by atoms with Crippen LogP contribution < -0.4 is 0 Å². The van der Waals surface area contributed by atoms with Crippen LogP contribution in [0.5, 0.6) is 0 Å². The van der Waals surface area contributed by atoms with Crippen LogP contribution in [0.3, 0.4) is 0 Å². The van der Waals surface area contributed by atoms with Crippen LogP contribution in [-0.2, 0) is 11.3 Å². The summed E-state index contributed by atoms with van der Waals surface area (Å²) in [6, 6.07) is 8.74. The van der Waals surface area contributed by atoms with Crippen LogP contribution in [0, 0.1) is 17.6 Å². The molecule has 2 saturated heterocycles. The van der Waals surface area contributed by atoms with Gasteiger partial charge in [0.25, 0.3) is 5.91 Å². The Bertz CT molecular complexity index is 887. The Morgan fingerprint density at radius 2 is 2.00 bits per heavy atom. The summed E-state index contributed by atoms with van der Waals surface area (Å²) >= 11 is 0. The number of amides is 2. The van der Waals surface area contributed by atoms with E-state index in [1.54, 1.807) is 21.9 Å². The number of rotatable bonds is 3. The molecule has 2 aromatic rings. The first-order valence-electron chi connectivity index (χ1n) is 9.46. The standard InChI is InChI=1S/C21H21F2N3O2/c22-16-5-1-3-14(9-16)11-26-19-13-25(12-15(19)4-2-6-20(26)27)21(28)18-8-7-17(23)10-24-18/h1,3,5,7-10,15,19H,2,4,6,11-13H2/t15-,19+/m1/s1. The molecular formula is C21H21F2N3O2. The van der Waals surface area contributed by atoms with Gasteiger partial charge in [-0.25, -0.2) is 13.8 Å². The van der Waals surface area contributed by atoms with Crippen LogP contribution in [0.15, 0.2) is 42.6 Å². The second-order valence-corrected chi connectivity index (χ2v) is 7.44. The molecule has 0 radical (unpaired) electrons. The number of pyridine rings is 1. The topological polar surface area (TPSA) is 53.5 Å². The number of likely N-dealkylation sites (tertiary alicyclic amines) is 2. The van der Waals surface area contributed by atoms with Gasteiger partial charge in [-0.1, -0.05) is 12.1 Å². The molecule has 3 heterocycles. The average Bonchev–Trinajstić information content (AvgIpc) is 3.04. The molecule has 0 saturated carbocycles. The van der Waals surface area contributed by atoms with Gasteiger partial charge in [0.15, 0.2) is 0 Å². The van der Waals surface area contributed by atoms with Crippen molar-refractivity contribution in [3.05, 3.63) is 65.5 Å². The summed E-state index contributed by atoms with van der Waals surface area (Å²) in [5.74, 6) is -0.876. The smallest absolute Gasteiger partial charge is 0.272 e. The van der Waals surface area contributed by atoms with Crippen molar-refractivity contribution in [2.24, 2.45) is 5.92 Å². The lowest BCUT2D eigenvalue weighted by molar-refractivity contribution is -0.133. The normalized spacial score (nSPS) is 22.1. The predicted octanol–water partition coefficient (Wildman–Crippen LogP) is 3.01. The third-order valence-corrected chi connectivity index (χ3v) is 5.57. The van der Waals surface area contributed by atoms with Crippen molar-refractivity contribution in [1.29, 1.82) is 0 Å². The molecule has 1 aromatic heterocycles. The number of hydrogen-bond acceptors (Lipinski definition) is 3. The first-order chi connectivity index (χ1) is 13.5. The van der Waals surface area contributed by atoms with Crippen molar-refractivity contribution in [1.82, 2.24) is 14.8 Å². The van der Waals surface area contributed by atoms with Crippen molar-refractivity contribution >= 4 is 11.8 Å². The Morgan fingerprint density at radius 3 is 2.75 bits per heavy atom. The second-order valence-electron chi connectivity index (χ2n) is 7.44. The van der Waals surface area contributed by atoms with Crippen LogP contribution in [0.1, 0.15) is 35.3 Å². The molecule has 0 spiro atoms. The highest BCUT2D eigenvalue weighted by Gasteiger charge is 2.42. The minimum Gasteiger partial charge on any atom is -0.335 e. The number of halogens is 2. The second kappa shape index (κ2) is 7.66. The van der Waals surface area contributed by atoms with E-state index in [-0.39, 0.29) is 35.3 Å². The van der Waals surface area contributed by atoms with E-state index in [4.69, 9.17) is 0 Å². The summed E-state index contributed by atoms with van der Waals surface area (Å²) in [5.41, 5.74) is 0.930. The molecule has 7 heteroatoms. The van der Waals surface area contributed by atoms with Gasteiger partial charge in [-0.15, -0.1) is 0 Å². The Morgan fingerprint density at radius 1 is 1.14 bits per heavy atom. The lowest BCUT2D eigenvalue weighted by Gasteiger charge is -2.30. The molecule has 2 amide bonds. The zero-order valence-corrected chi connectivity index (χ0v) is 15.4. The maximum Gasteiger partial charge on any atom is 0.272 e. The van der Waals surface area contributed by atoms with Gasteiger partial charge in [0, 0.05) is 26.1 Å². The highest BCUT2D eigenvalue weighted by molar-refractivity contribution is 5.92. The van der Waals surface area contributed by atoms with E-state index >= 15 is 0 Å². The Hall–Kier alpha value is -2.83. The summed E-state index contributed by atoms with van der Waals surface area (Å²) in [4.78, 5) is 32.8. The predicted molar refractivity (Wildman–Crippen MR) is 98.2 cm³/mol. The average molecular weight is 385 g/mol. The molecule has 0 N–H and O–H groups in total. The molecule has 2 aliphatic heterocycles. The largest absolute Gasteiger partial charge is 0.335 e. The van der Waals surface area contributed by atoms with E-state index in [9.17, 15) is 18.4 Å².